The van der Waals surface area contributed by atoms with Gasteiger partial charge in [0.25, 0.3) is 5.91 Å². The zero-order valence-electron chi connectivity index (χ0n) is 12.1. The monoisotopic (exact) mass is 282 g/mol. The van der Waals surface area contributed by atoms with E-state index in [1.165, 1.54) is 5.56 Å². The number of rotatable bonds is 5. The van der Waals surface area contributed by atoms with Crippen LogP contribution in [0.5, 0.6) is 0 Å². The summed E-state index contributed by atoms with van der Waals surface area (Å²) in [6, 6.07) is 17.1. The Bertz CT molecular complexity index is 606. The molecule has 0 aliphatic heterocycles. The zero-order chi connectivity index (χ0) is 15.1. The van der Waals surface area contributed by atoms with E-state index >= 15 is 0 Å². The van der Waals surface area contributed by atoms with Crippen molar-refractivity contribution >= 4 is 17.8 Å². The molecule has 0 spiro atoms. The molecule has 1 atom stereocenters. The average molecular weight is 282 g/mol. The number of hydrogen-bond acceptors (Lipinski definition) is 3. The molecule has 108 valence electrons. The zero-order valence-corrected chi connectivity index (χ0v) is 12.1. The van der Waals surface area contributed by atoms with Crippen molar-refractivity contribution in [2.75, 3.05) is 5.32 Å². The fourth-order valence-electron chi connectivity index (χ4n) is 1.65. The average Bonchev–Trinajstić information content (AvgIpc) is 2.50. The molecule has 0 heterocycles. The lowest BCUT2D eigenvalue weighted by Crippen LogP contribution is -2.26. The Morgan fingerprint density at radius 3 is 2.48 bits per heavy atom. The van der Waals surface area contributed by atoms with Crippen molar-refractivity contribution in [3.63, 3.8) is 0 Å². The lowest BCUT2D eigenvalue weighted by Gasteiger charge is -2.10. The third-order valence-electron chi connectivity index (χ3n) is 2.91. The van der Waals surface area contributed by atoms with E-state index in [4.69, 9.17) is 4.84 Å². The van der Waals surface area contributed by atoms with Crippen molar-refractivity contribution < 1.29 is 9.63 Å². The summed E-state index contributed by atoms with van der Waals surface area (Å²) in [6.07, 6.45) is 0.929. The number of aryl methyl sites for hydroxylation is 1. The molecule has 0 unspecified atom stereocenters. The van der Waals surface area contributed by atoms with E-state index in [0.717, 1.165) is 11.3 Å². The molecule has 0 radical (unpaired) electrons. The van der Waals surface area contributed by atoms with Gasteiger partial charge in [0.05, 0.1) is 6.21 Å². The Morgan fingerprint density at radius 2 is 1.81 bits per heavy atom. The van der Waals surface area contributed by atoms with Crippen molar-refractivity contribution in [3.8, 4) is 0 Å². The van der Waals surface area contributed by atoms with Crippen LogP contribution in [0.15, 0.2) is 59.8 Å². The fraction of sp³-hybridized carbons (Fsp3) is 0.176. The first-order chi connectivity index (χ1) is 10.1. The van der Waals surface area contributed by atoms with Gasteiger partial charge in [-0.05, 0) is 31.5 Å². The maximum atomic E-state index is 11.9. The predicted molar refractivity (Wildman–Crippen MR) is 84.4 cm³/mol. The summed E-state index contributed by atoms with van der Waals surface area (Å²) in [5.74, 6) is -0.234. The molecule has 0 aromatic heterocycles. The van der Waals surface area contributed by atoms with Crippen molar-refractivity contribution in [3.05, 3.63) is 65.7 Å². The molecular weight excluding hydrogens is 264 g/mol. The second-order valence-corrected chi connectivity index (χ2v) is 4.75. The van der Waals surface area contributed by atoms with Gasteiger partial charge in [-0.3, -0.25) is 4.79 Å². The molecule has 21 heavy (non-hydrogen) atoms. The van der Waals surface area contributed by atoms with Crippen LogP contribution in [0, 0.1) is 6.92 Å². The predicted octanol–water partition coefficient (Wildman–Crippen LogP) is 3.37. The maximum absolute atomic E-state index is 11.9. The van der Waals surface area contributed by atoms with Crippen LogP contribution in [-0.4, -0.2) is 18.2 Å². The van der Waals surface area contributed by atoms with E-state index in [-0.39, 0.29) is 5.91 Å². The smallest absolute Gasteiger partial charge is 0.267 e. The topological polar surface area (TPSA) is 50.7 Å². The Labute approximate surface area is 124 Å². The molecule has 1 N–H and O–H groups in total. The van der Waals surface area contributed by atoms with Crippen LogP contribution >= 0.6 is 0 Å². The lowest BCUT2D eigenvalue weighted by atomic mass is 10.2. The highest BCUT2D eigenvalue weighted by Crippen LogP contribution is 2.07. The first-order valence-corrected chi connectivity index (χ1v) is 6.77. The van der Waals surface area contributed by atoms with Gasteiger partial charge in [0.15, 0.2) is 0 Å². The second kappa shape index (κ2) is 7.24. The number of benzene rings is 2. The standard InChI is InChI=1S/C17H18N2O2/c1-13-8-10-15(11-9-13)12-18-21-14(2)17(20)19-16-6-4-3-5-7-16/h3-12,14H,1-2H3,(H,19,20)/b18-12-/t14-/m1/s1. The third kappa shape index (κ3) is 4.76. The highest BCUT2D eigenvalue weighted by Gasteiger charge is 2.13. The summed E-state index contributed by atoms with van der Waals surface area (Å²) in [5, 5.41) is 6.61. The van der Waals surface area contributed by atoms with E-state index in [2.05, 4.69) is 10.5 Å². The Morgan fingerprint density at radius 1 is 1.14 bits per heavy atom. The SMILES string of the molecule is Cc1ccc(/C=N\O[C@H](C)C(=O)Nc2ccccc2)cc1. The van der Waals surface area contributed by atoms with Crippen molar-refractivity contribution in [1.29, 1.82) is 0 Å². The van der Waals surface area contributed by atoms with Crippen molar-refractivity contribution in [2.45, 2.75) is 20.0 Å². The van der Waals surface area contributed by atoms with Gasteiger partial charge in [0.1, 0.15) is 0 Å². The van der Waals surface area contributed by atoms with E-state index in [9.17, 15) is 4.79 Å². The summed E-state index contributed by atoms with van der Waals surface area (Å²) < 4.78 is 0. The van der Waals surface area contributed by atoms with Gasteiger partial charge >= 0.3 is 0 Å². The second-order valence-electron chi connectivity index (χ2n) is 4.75. The first kappa shape index (κ1) is 14.8. The molecule has 0 saturated heterocycles. The largest absolute Gasteiger partial charge is 0.383 e. The Kier molecular flexibility index (Phi) is 5.10. The summed E-state index contributed by atoms with van der Waals surface area (Å²) in [7, 11) is 0. The molecule has 4 nitrogen and oxygen atoms in total. The molecule has 4 heteroatoms. The number of nitrogens with zero attached hydrogens (tertiary/aromatic N) is 1. The van der Waals surface area contributed by atoms with Crippen LogP contribution in [0.25, 0.3) is 0 Å². The van der Waals surface area contributed by atoms with Gasteiger partial charge in [0, 0.05) is 5.69 Å². The fourth-order valence-corrected chi connectivity index (χ4v) is 1.65. The molecule has 2 aromatic rings. The summed E-state index contributed by atoms with van der Waals surface area (Å²) in [4.78, 5) is 17.1. The molecule has 2 aromatic carbocycles. The number of carbonyl (C=O) groups is 1. The number of para-hydroxylation sites is 1. The van der Waals surface area contributed by atoms with Crippen LogP contribution < -0.4 is 5.32 Å². The van der Waals surface area contributed by atoms with E-state index in [1.54, 1.807) is 13.1 Å². The molecule has 0 fully saturated rings. The van der Waals surface area contributed by atoms with Crippen molar-refractivity contribution in [1.82, 2.24) is 0 Å². The normalized spacial score (nSPS) is 12.1. The van der Waals surface area contributed by atoms with Gasteiger partial charge in [-0.25, -0.2) is 0 Å². The van der Waals surface area contributed by atoms with Crippen LogP contribution in [0.2, 0.25) is 0 Å². The van der Waals surface area contributed by atoms with Gasteiger partial charge < -0.3 is 10.2 Å². The minimum absolute atomic E-state index is 0.234. The Hall–Kier alpha value is -2.62. The van der Waals surface area contributed by atoms with E-state index < -0.39 is 6.10 Å². The summed E-state index contributed by atoms with van der Waals surface area (Å²) >= 11 is 0. The number of anilines is 1. The lowest BCUT2D eigenvalue weighted by molar-refractivity contribution is -0.126. The molecule has 0 bridgehead atoms. The van der Waals surface area contributed by atoms with Crippen LogP contribution in [0.1, 0.15) is 18.1 Å². The van der Waals surface area contributed by atoms with Crippen LogP contribution in [-0.2, 0) is 9.63 Å². The number of amides is 1. The number of hydrogen-bond donors (Lipinski definition) is 1. The van der Waals surface area contributed by atoms with E-state index in [0.29, 0.717) is 0 Å². The third-order valence-corrected chi connectivity index (χ3v) is 2.91. The van der Waals surface area contributed by atoms with Gasteiger partial charge in [0.2, 0.25) is 6.10 Å². The molecular formula is C17H18N2O2. The first-order valence-electron chi connectivity index (χ1n) is 6.77. The number of oxime groups is 1. The van der Waals surface area contributed by atoms with Gasteiger partial charge in [-0.2, -0.15) is 0 Å². The van der Waals surface area contributed by atoms with Crippen LogP contribution in [0.4, 0.5) is 5.69 Å². The number of carbonyl (C=O) groups excluding carboxylic acids is 1. The highest BCUT2D eigenvalue weighted by atomic mass is 16.6. The molecule has 0 saturated carbocycles. The maximum Gasteiger partial charge on any atom is 0.267 e. The Balaban J connectivity index is 1.85. The van der Waals surface area contributed by atoms with Crippen molar-refractivity contribution in [2.24, 2.45) is 5.16 Å². The van der Waals surface area contributed by atoms with Crippen LogP contribution in [0.3, 0.4) is 0 Å². The quantitative estimate of drug-likeness (QED) is 0.675. The molecule has 1 amide bonds. The van der Waals surface area contributed by atoms with Gasteiger partial charge in [-0.15, -0.1) is 0 Å². The molecule has 2 rings (SSSR count). The minimum atomic E-state index is -0.660. The summed E-state index contributed by atoms with van der Waals surface area (Å²) in [5.41, 5.74) is 2.85. The van der Waals surface area contributed by atoms with E-state index in [1.807, 2.05) is 61.5 Å². The molecule has 0 aliphatic rings. The number of nitrogens with one attached hydrogen (secondary N) is 1. The minimum Gasteiger partial charge on any atom is -0.383 e. The highest BCUT2D eigenvalue weighted by molar-refractivity contribution is 5.93. The summed E-state index contributed by atoms with van der Waals surface area (Å²) in [6.45, 7) is 3.68. The molecule has 0 aliphatic carbocycles. The van der Waals surface area contributed by atoms with Gasteiger partial charge in [-0.1, -0.05) is 53.2 Å².